The van der Waals surface area contributed by atoms with Crippen LogP contribution in [0.4, 0.5) is 0 Å². The standard InChI is InChI=1S/C12H17NO4S/c1-9-7-10(4-5-12(9)18(13,14)15)17-11-3-2-6-16-8-11/h4-5,7,11H,2-3,6,8H2,1H3,(H2,13,14,15). The molecule has 0 aromatic heterocycles. The molecule has 0 radical (unpaired) electrons. The van der Waals surface area contributed by atoms with Crippen LogP contribution in [-0.2, 0) is 14.8 Å². The number of hydrogen-bond acceptors (Lipinski definition) is 4. The number of hydrogen-bond donors (Lipinski definition) is 1. The first-order valence-electron chi connectivity index (χ1n) is 5.84. The molecule has 1 aliphatic rings. The average molecular weight is 271 g/mol. The minimum absolute atomic E-state index is 0.0403. The first-order chi connectivity index (χ1) is 8.47. The quantitative estimate of drug-likeness (QED) is 0.896. The monoisotopic (exact) mass is 271 g/mol. The lowest BCUT2D eigenvalue weighted by atomic mass is 10.1. The summed E-state index contributed by atoms with van der Waals surface area (Å²) in [6, 6.07) is 4.79. The number of sulfonamides is 1. The Labute approximate surface area is 107 Å². The predicted octanol–water partition coefficient (Wildman–Crippen LogP) is 1.20. The van der Waals surface area contributed by atoms with Gasteiger partial charge in [-0.15, -0.1) is 0 Å². The summed E-state index contributed by atoms with van der Waals surface area (Å²) in [6.07, 6.45) is 1.98. The summed E-state index contributed by atoms with van der Waals surface area (Å²) in [4.78, 5) is 0.134. The van der Waals surface area contributed by atoms with Crippen LogP contribution in [0.25, 0.3) is 0 Å². The maximum atomic E-state index is 11.3. The van der Waals surface area contributed by atoms with E-state index in [2.05, 4.69) is 0 Å². The minimum Gasteiger partial charge on any atom is -0.488 e. The molecule has 1 atom stereocenters. The topological polar surface area (TPSA) is 78.6 Å². The molecule has 18 heavy (non-hydrogen) atoms. The molecule has 1 aromatic rings. The van der Waals surface area contributed by atoms with Gasteiger partial charge in [-0.1, -0.05) is 0 Å². The summed E-state index contributed by atoms with van der Waals surface area (Å²) in [5.74, 6) is 0.649. The van der Waals surface area contributed by atoms with E-state index < -0.39 is 10.0 Å². The van der Waals surface area contributed by atoms with Crippen molar-refractivity contribution in [2.75, 3.05) is 13.2 Å². The zero-order chi connectivity index (χ0) is 13.2. The van der Waals surface area contributed by atoms with Crippen molar-refractivity contribution >= 4 is 10.0 Å². The Balaban J connectivity index is 2.13. The summed E-state index contributed by atoms with van der Waals surface area (Å²) >= 11 is 0. The highest BCUT2D eigenvalue weighted by Gasteiger charge is 2.17. The zero-order valence-corrected chi connectivity index (χ0v) is 11.1. The molecular formula is C12H17NO4S. The number of aryl methyl sites for hydroxylation is 1. The molecule has 2 N–H and O–H groups in total. The highest BCUT2D eigenvalue weighted by molar-refractivity contribution is 7.89. The van der Waals surface area contributed by atoms with Crippen molar-refractivity contribution in [1.29, 1.82) is 0 Å². The third-order valence-electron chi connectivity index (χ3n) is 2.87. The predicted molar refractivity (Wildman–Crippen MR) is 67.0 cm³/mol. The van der Waals surface area contributed by atoms with E-state index in [0.29, 0.717) is 17.9 Å². The summed E-state index contributed by atoms with van der Waals surface area (Å²) in [7, 11) is -3.66. The molecule has 0 amide bonds. The number of rotatable bonds is 3. The van der Waals surface area contributed by atoms with E-state index in [9.17, 15) is 8.42 Å². The van der Waals surface area contributed by atoms with Gasteiger partial charge in [-0.3, -0.25) is 0 Å². The molecule has 1 fully saturated rings. The van der Waals surface area contributed by atoms with Crippen molar-refractivity contribution in [2.24, 2.45) is 5.14 Å². The smallest absolute Gasteiger partial charge is 0.238 e. The Morgan fingerprint density at radius 3 is 2.78 bits per heavy atom. The van der Waals surface area contributed by atoms with Crippen molar-refractivity contribution in [3.8, 4) is 5.75 Å². The van der Waals surface area contributed by atoms with Gasteiger partial charge < -0.3 is 9.47 Å². The maximum Gasteiger partial charge on any atom is 0.238 e. The lowest BCUT2D eigenvalue weighted by Gasteiger charge is -2.23. The Hall–Kier alpha value is -1.11. The van der Waals surface area contributed by atoms with Gasteiger partial charge in [-0.2, -0.15) is 0 Å². The van der Waals surface area contributed by atoms with E-state index in [1.807, 2.05) is 0 Å². The SMILES string of the molecule is Cc1cc(OC2CCCOC2)ccc1S(N)(=O)=O. The summed E-state index contributed by atoms with van der Waals surface area (Å²) < 4.78 is 33.6. The third-order valence-corrected chi connectivity index (χ3v) is 3.95. The fourth-order valence-electron chi connectivity index (χ4n) is 2.01. The summed E-state index contributed by atoms with van der Waals surface area (Å²) in [5, 5.41) is 5.10. The van der Waals surface area contributed by atoms with Gasteiger partial charge in [0.15, 0.2) is 0 Å². The molecule has 1 unspecified atom stereocenters. The van der Waals surface area contributed by atoms with Gasteiger partial charge in [0.05, 0.1) is 11.5 Å². The molecule has 1 aromatic carbocycles. The van der Waals surface area contributed by atoms with Gasteiger partial charge in [0.2, 0.25) is 10.0 Å². The molecule has 100 valence electrons. The Kier molecular flexibility index (Phi) is 3.89. The lowest BCUT2D eigenvalue weighted by Crippen LogP contribution is -2.28. The second kappa shape index (κ2) is 5.26. The highest BCUT2D eigenvalue weighted by atomic mass is 32.2. The van der Waals surface area contributed by atoms with Crippen LogP contribution in [0.5, 0.6) is 5.75 Å². The Morgan fingerprint density at radius 1 is 1.44 bits per heavy atom. The van der Waals surface area contributed by atoms with Crippen molar-refractivity contribution in [3.63, 3.8) is 0 Å². The van der Waals surface area contributed by atoms with Gasteiger partial charge in [-0.25, -0.2) is 13.6 Å². The van der Waals surface area contributed by atoms with E-state index in [-0.39, 0.29) is 11.0 Å². The van der Waals surface area contributed by atoms with Crippen molar-refractivity contribution in [1.82, 2.24) is 0 Å². The molecule has 1 saturated heterocycles. The largest absolute Gasteiger partial charge is 0.488 e. The van der Waals surface area contributed by atoms with Crippen molar-refractivity contribution < 1.29 is 17.9 Å². The fourth-order valence-corrected chi connectivity index (χ4v) is 2.78. The summed E-state index contributed by atoms with van der Waals surface area (Å²) in [5.41, 5.74) is 0.590. The number of benzene rings is 1. The van der Waals surface area contributed by atoms with E-state index in [1.54, 1.807) is 19.1 Å². The first kappa shape index (κ1) is 13.3. The molecular weight excluding hydrogens is 254 g/mol. The fraction of sp³-hybridized carbons (Fsp3) is 0.500. The molecule has 0 saturated carbocycles. The Morgan fingerprint density at radius 2 is 2.22 bits per heavy atom. The second-order valence-corrected chi connectivity index (χ2v) is 5.96. The minimum atomic E-state index is -3.66. The number of nitrogens with two attached hydrogens (primary N) is 1. The van der Waals surface area contributed by atoms with Crippen LogP contribution >= 0.6 is 0 Å². The van der Waals surface area contributed by atoms with Crippen LogP contribution < -0.4 is 9.88 Å². The van der Waals surface area contributed by atoms with Crippen LogP contribution in [0.1, 0.15) is 18.4 Å². The first-order valence-corrected chi connectivity index (χ1v) is 7.39. The summed E-state index contributed by atoms with van der Waals surface area (Å²) in [6.45, 7) is 3.06. The van der Waals surface area contributed by atoms with E-state index in [4.69, 9.17) is 14.6 Å². The molecule has 1 heterocycles. The molecule has 2 rings (SSSR count). The van der Waals surface area contributed by atoms with Crippen LogP contribution in [0, 0.1) is 6.92 Å². The van der Waals surface area contributed by atoms with Crippen LogP contribution in [-0.4, -0.2) is 27.7 Å². The molecule has 0 bridgehead atoms. The van der Waals surface area contributed by atoms with E-state index in [0.717, 1.165) is 19.4 Å². The lowest BCUT2D eigenvalue weighted by molar-refractivity contribution is 0.00739. The van der Waals surface area contributed by atoms with Gasteiger partial charge in [0, 0.05) is 6.61 Å². The molecule has 5 nitrogen and oxygen atoms in total. The van der Waals surface area contributed by atoms with Crippen molar-refractivity contribution in [2.45, 2.75) is 30.8 Å². The zero-order valence-electron chi connectivity index (χ0n) is 10.3. The molecule has 1 aliphatic heterocycles. The second-order valence-electron chi connectivity index (χ2n) is 4.43. The molecule has 0 spiro atoms. The number of ether oxygens (including phenoxy) is 2. The normalized spacial score (nSPS) is 20.7. The van der Waals surface area contributed by atoms with E-state index >= 15 is 0 Å². The van der Waals surface area contributed by atoms with E-state index in [1.165, 1.54) is 6.07 Å². The van der Waals surface area contributed by atoms with Gasteiger partial charge in [0.1, 0.15) is 11.9 Å². The van der Waals surface area contributed by atoms with Gasteiger partial charge >= 0.3 is 0 Å². The third kappa shape index (κ3) is 3.22. The van der Waals surface area contributed by atoms with Crippen LogP contribution in [0.3, 0.4) is 0 Å². The number of primary sulfonamides is 1. The molecule has 0 aliphatic carbocycles. The maximum absolute atomic E-state index is 11.3. The van der Waals surface area contributed by atoms with Gasteiger partial charge in [-0.05, 0) is 43.5 Å². The van der Waals surface area contributed by atoms with Crippen LogP contribution in [0.15, 0.2) is 23.1 Å². The Bertz CT molecular complexity index is 521. The highest BCUT2D eigenvalue weighted by Crippen LogP contribution is 2.22. The molecule has 6 heteroatoms. The van der Waals surface area contributed by atoms with Crippen molar-refractivity contribution in [3.05, 3.63) is 23.8 Å². The van der Waals surface area contributed by atoms with Gasteiger partial charge in [0.25, 0.3) is 0 Å². The van der Waals surface area contributed by atoms with Crippen LogP contribution in [0.2, 0.25) is 0 Å². The average Bonchev–Trinajstić information content (AvgIpc) is 2.28.